The van der Waals surface area contributed by atoms with Gasteiger partial charge in [0.2, 0.25) is 0 Å². The van der Waals surface area contributed by atoms with E-state index in [0.717, 1.165) is 23.8 Å². The molecule has 0 saturated heterocycles. The van der Waals surface area contributed by atoms with Gasteiger partial charge in [-0.2, -0.15) is 0 Å². The lowest BCUT2D eigenvalue weighted by molar-refractivity contribution is -0.131. The molecule has 1 aliphatic rings. The lowest BCUT2D eigenvalue weighted by Gasteiger charge is -2.25. The molecule has 0 aromatic heterocycles. The Morgan fingerprint density at radius 1 is 1.36 bits per heavy atom. The SMILES string of the molecule is CC(CCc1ccc(C#C[C@H]2C[C@@H]2CO)cc1)(C(=O)NO)S(C)(=O)=O. The second kappa shape index (κ2) is 7.56. The van der Waals surface area contributed by atoms with Crippen molar-refractivity contribution in [2.45, 2.75) is 30.9 Å². The van der Waals surface area contributed by atoms with Gasteiger partial charge in [0, 0.05) is 24.3 Å². The van der Waals surface area contributed by atoms with Crippen molar-refractivity contribution in [3.63, 3.8) is 0 Å². The number of nitrogens with one attached hydrogen (secondary N) is 1. The summed E-state index contributed by atoms with van der Waals surface area (Å²) in [5.41, 5.74) is 3.18. The van der Waals surface area contributed by atoms with Gasteiger partial charge in [0.05, 0.1) is 0 Å². The monoisotopic (exact) mass is 365 g/mol. The van der Waals surface area contributed by atoms with Crippen molar-refractivity contribution in [1.82, 2.24) is 5.48 Å². The van der Waals surface area contributed by atoms with Crippen LogP contribution >= 0.6 is 0 Å². The normalized spacial score (nSPS) is 21.6. The maximum Gasteiger partial charge on any atom is 0.264 e. The van der Waals surface area contributed by atoms with Gasteiger partial charge in [-0.15, -0.1) is 0 Å². The Kier molecular flexibility index (Phi) is 5.88. The number of carbonyl (C=O) groups is 1. The van der Waals surface area contributed by atoms with E-state index in [1.807, 2.05) is 24.3 Å². The minimum Gasteiger partial charge on any atom is -0.396 e. The van der Waals surface area contributed by atoms with Gasteiger partial charge in [-0.1, -0.05) is 24.0 Å². The average molecular weight is 365 g/mol. The number of carbonyl (C=O) groups excluding carboxylic acids is 1. The van der Waals surface area contributed by atoms with Gasteiger partial charge in [0.15, 0.2) is 9.84 Å². The number of sulfone groups is 1. The number of rotatable bonds is 6. The van der Waals surface area contributed by atoms with Gasteiger partial charge in [-0.05, 0) is 49.8 Å². The number of hydrogen-bond donors (Lipinski definition) is 3. The highest BCUT2D eigenvalue weighted by molar-refractivity contribution is 7.92. The van der Waals surface area contributed by atoms with Crippen molar-refractivity contribution < 1.29 is 23.5 Å². The maximum absolute atomic E-state index is 11.9. The third-order valence-electron chi connectivity index (χ3n) is 4.80. The van der Waals surface area contributed by atoms with E-state index < -0.39 is 20.5 Å². The van der Waals surface area contributed by atoms with Crippen LogP contribution in [0.5, 0.6) is 0 Å². The fourth-order valence-corrected chi connectivity index (χ4v) is 3.38. The topological polar surface area (TPSA) is 104 Å². The number of aliphatic hydroxyl groups is 1. The zero-order chi connectivity index (χ0) is 18.7. The van der Waals surface area contributed by atoms with Crippen LogP contribution in [0, 0.1) is 23.7 Å². The van der Waals surface area contributed by atoms with E-state index in [4.69, 9.17) is 10.3 Å². The van der Waals surface area contributed by atoms with Crippen LogP contribution in [0.25, 0.3) is 0 Å². The summed E-state index contributed by atoms with van der Waals surface area (Å²) < 4.78 is 22.2. The first-order valence-corrected chi connectivity index (χ1v) is 9.96. The molecule has 1 fully saturated rings. The predicted molar refractivity (Wildman–Crippen MR) is 93.5 cm³/mol. The smallest absolute Gasteiger partial charge is 0.264 e. The first kappa shape index (κ1) is 19.4. The zero-order valence-corrected chi connectivity index (χ0v) is 15.1. The summed E-state index contributed by atoms with van der Waals surface area (Å²) in [6, 6.07) is 7.39. The molecule has 0 radical (unpaired) electrons. The standard InChI is InChI=1S/C18H23NO5S/c1-18(17(21)19-22,25(2,23)24)10-9-14-5-3-13(4-6-14)7-8-15-11-16(15)12-20/h3-6,15-16,20,22H,9-12H2,1-2H3,(H,19,21)/t15-,16+,18?/m0/s1. The highest BCUT2D eigenvalue weighted by Gasteiger charge is 2.43. The molecule has 2 rings (SSSR count). The third kappa shape index (κ3) is 4.60. The summed E-state index contributed by atoms with van der Waals surface area (Å²) in [5, 5.41) is 17.8. The number of hydroxylamine groups is 1. The maximum atomic E-state index is 11.9. The van der Waals surface area contributed by atoms with Crippen LogP contribution in [0.15, 0.2) is 24.3 Å². The highest BCUT2D eigenvalue weighted by atomic mass is 32.2. The average Bonchev–Trinajstić information content (AvgIpc) is 3.35. The van der Waals surface area contributed by atoms with E-state index in [0.29, 0.717) is 12.3 Å². The Morgan fingerprint density at radius 3 is 2.48 bits per heavy atom. The molecule has 3 atom stereocenters. The molecular weight excluding hydrogens is 342 g/mol. The molecule has 0 bridgehead atoms. The van der Waals surface area contributed by atoms with Crippen LogP contribution in [0.3, 0.4) is 0 Å². The predicted octanol–water partition coefficient (Wildman–Crippen LogP) is 0.908. The molecule has 1 aromatic carbocycles. The zero-order valence-electron chi connectivity index (χ0n) is 14.3. The van der Waals surface area contributed by atoms with Crippen LogP contribution in [0.1, 0.15) is 30.9 Å². The van der Waals surface area contributed by atoms with Gasteiger partial charge in [-0.25, -0.2) is 13.9 Å². The molecule has 0 aliphatic heterocycles. The first-order chi connectivity index (χ1) is 11.7. The van der Waals surface area contributed by atoms with Crippen LogP contribution in [0.4, 0.5) is 0 Å². The largest absolute Gasteiger partial charge is 0.396 e. The van der Waals surface area contributed by atoms with Crippen LogP contribution in [-0.4, -0.2) is 42.2 Å². The van der Waals surface area contributed by atoms with Gasteiger partial charge in [0.1, 0.15) is 4.75 Å². The molecule has 0 heterocycles. The number of amides is 1. The fraction of sp³-hybridized carbons (Fsp3) is 0.500. The minimum absolute atomic E-state index is 0.0590. The summed E-state index contributed by atoms with van der Waals surface area (Å²) in [6.07, 6.45) is 2.36. The second-order valence-corrected chi connectivity index (χ2v) is 9.14. The van der Waals surface area contributed by atoms with E-state index in [-0.39, 0.29) is 18.9 Å². The highest BCUT2D eigenvalue weighted by Crippen LogP contribution is 2.37. The summed E-state index contributed by atoms with van der Waals surface area (Å²) >= 11 is 0. The van der Waals surface area contributed by atoms with E-state index in [2.05, 4.69) is 11.8 Å². The summed E-state index contributed by atoms with van der Waals surface area (Å²) in [7, 11) is -3.69. The number of aryl methyl sites for hydroxylation is 1. The summed E-state index contributed by atoms with van der Waals surface area (Å²) in [5.74, 6) is 5.84. The Labute approximate surface area is 148 Å². The molecule has 1 amide bonds. The van der Waals surface area contributed by atoms with Gasteiger partial charge in [0.25, 0.3) is 5.91 Å². The fourth-order valence-electron chi connectivity index (χ4n) is 2.53. The van der Waals surface area contributed by atoms with Gasteiger partial charge < -0.3 is 5.11 Å². The van der Waals surface area contributed by atoms with Crippen LogP contribution in [-0.2, 0) is 21.1 Å². The van der Waals surface area contributed by atoms with Crippen LogP contribution < -0.4 is 5.48 Å². The van der Waals surface area contributed by atoms with Crippen molar-refractivity contribution in [3.05, 3.63) is 35.4 Å². The van der Waals surface area contributed by atoms with Crippen molar-refractivity contribution in [1.29, 1.82) is 0 Å². The van der Waals surface area contributed by atoms with Crippen LogP contribution in [0.2, 0.25) is 0 Å². The summed E-state index contributed by atoms with van der Waals surface area (Å²) in [4.78, 5) is 11.8. The molecular formula is C18H23NO5S. The van der Waals surface area contributed by atoms with Gasteiger partial charge in [-0.3, -0.25) is 10.0 Å². The molecule has 136 valence electrons. The Hall–Kier alpha value is -1.88. The van der Waals surface area contributed by atoms with Crippen molar-refractivity contribution in [2.75, 3.05) is 12.9 Å². The molecule has 1 unspecified atom stereocenters. The van der Waals surface area contributed by atoms with E-state index in [1.165, 1.54) is 12.4 Å². The lowest BCUT2D eigenvalue weighted by atomic mass is 9.99. The summed E-state index contributed by atoms with van der Waals surface area (Å²) in [6.45, 7) is 1.49. The molecule has 7 heteroatoms. The van der Waals surface area contributed by atoms with E-state index in [9.17, 15) is 13.2 Å². The third-order valence-corrected chi connectivity index (χ3v) is 6.83. The molecule has 1 saturated carbocycles. The minimum atomic E-state index is -3.69. The number of hydrogen-bond acceptors (Lipinski definition) is 5. The first-order valence-electron chi connectivity index (χ1n) is 8.06. The van der Waals surface area contributed by atoms with Crippen molar-refractivity contribution >= 4 is 15.7 Å². The number of benzene rings is 1. The lowest BCUT2D eigenvalue weighted by Crippen LogP contribution is -2.49. The van der Waals surface area contributed by atoms with Crippen molar-refractivity contribution in [2.24, 2.45) is 11.8 Å². The van der Waals surface area contributed by atoms with Gasteiger partial charge >= 0.3 is 0 Å². The molecule has 0 spiro atoms. The molecule has 1 aliphatic carbocycles. The molecule has 1 aromatic rings. The molecule has 25 heavy (non-hydrogen) atoms. The number of aliphatic hydroxyl groups excluding tert-OH is 1. The Bertz CT molecular complexity index is 791. The quantitative estimate of drug-likeness (QED) is 0.395. The molecule has 3 N–H and O–H groups in total. The second-order valence-electron chi connectivity index (χ2n) is 6.70. The molecule has 6 nitrogen and oxygen atoms in total. The Morgan fingerprint density at radius 2 is 2.00 bits per heavy atom. The Balaban J connectivity index is 2.02. The van der Waals surface area contributed by atoms with E-state index in [1.54, 1.807) is 0 Å². The van der Waals surface area contributed by atoms with E-state index >= 15 is 0 Å². The van der Waals surface area contributed by atoms with Crippen molar-refractivity contribution in [3.8, 4) is 11.8 Å².